The molecule has 0 aromatic heterocycles. The van der Waals surface area contributed by atoms with Crippen molar-refractivity contribution in [1.29, 1.82) is 0 Å². The van der Waals surface area contributed by atoms with Gasteiger partial charge in [-0.05, 0) is 23.8 Å². The van der Waals surface area contributed by atoms with Gasteiger partial charge in [-0.3, -0.25) is 4.79 Å². The molecule has 0 atom stereocenters. The average Bonchev–Trinajstić information content (AvgIpc) is 2.19. The maximum absolute atomic E-state index is 11.5. The van der Waals surface area contributed by atoms with E-state index in [1.165, 1.54) is 0 Å². The van der Waals surface area contributed by atoms with Gasteiger partial charge < -0.3 is 5.73 Å². The monoisotopic (exact) mass is 231 g/mol. The molecule has 4 heteroatoms. The van der Waals surface area contributed by atoms with Gasteiger partial charge in [0, 0.05) is 29.4 Å². The molecular weight excluding hydrogens is 221 g/mol. The fraction of sp³-hybridized carbons (Fsp3) is 0.300. The number of benzene rings is 1. The molecule has 0 aliphatic carbocycles. The summed E-state index contributed by atoms with van der Waals surface area (Å²) in [5, 5.41) is 0. The number of hydrogen-bond acceptors (Lipinski definition) is 2. The number of carbonyl (C=O) groups excluding carboxylic acids is 1. The molecule has 1 aromatic carbocycles. The molecule has 1 rings (SSSR count). The molecule has 0 bridgehead atoms. The van der Waals surface area contributed by atoms with Gasteiger partial charge in [-0.1, -0.05) is 0 Å². The van der Waals surface area contributed by atoms with Crippen molar-refractivity contribution in [2.24, 2.45) is 0 Å². The molecule has 76 valence electrons. The van der Waals surface area contributed by atoms with Gasteiger partial charge in [-0.15, -0.1) is 23.2 Å². The third-order valence-electron chi connectivity index (χ3n) is 1.93. The van der Waals surface area contributed by atoms with Crippen molar-refractivity contribution in [3.05, 3.63) is 29.3 Å². The first-order chi connectivity index (χ1) is 6.69. The van der Waals surface area contributed by atoms with Crippen LogP contribution in [0.15, 0.2) is 18.2 Å². The fourth-order valence-corrected chi connectivity index (χ4v) is 1.53. The lowest BCUT2D eigenvalue weighted by Gasteiger charge is -2.04. The van der Waals surface area contributed by atoms with Gasteiger partial charge >= 0.3 is 0 Å². The number of nitrogens with two attached hydrogens (primary N) is 1. The molecule has 0 spiro atoms. The van der Waals surface area contributed by atoms with Crippen LogP contribution in [0.4, 0.5) is 5.69 Å². The predicted molar refractivity (Wildman–Crippen MR) is 60.1 cm³/mol. The molecule has 0 aliphatic rings. The average molecular weight is 232 g/mol. The van der Waals surface area contributed by atoms with Crippen LogP contribution in [0.5, 0.6) is 0 Å². The molecule has 0 radical (unpaired) electrons. The molecule has 2 nitrogen and oxygen atoms in total. The second-order valence-corrected chi connectivity index (χ2v) is 3.55. The molecule has 0 saturated carbocycles. The number of hydrogen-bond donors (Lipinski definition) is 1. The van der Waals surface area contributed by atoms with Crippen LogP contribution in [0.1, 0.15) is 22.3 Å². The van der Waals surface area contributed by atoms with E-state index in [4.69, 9.17) is 28.9 Å². The molecule has 14 heavy (non-hydrogen) atoms. The largest absolute Gasteiger partial charge is 0.398 e. The van der Waals surface area contributed by atoms with E-state index in [1.54, 1.807) is 18.2 Å². The molecule has 0 fully saturated rings. The maximum Gasteiger partial charge on any atom is 0.164 e. The minimum absolute atomic E-state index is 0.0198. The Kier molecular flexibility index (Phi) is 4.23. The highest BCUT2D eigenvalue weighted by atomic mass is 35.5. The second kappa shape index (κ2) is 5.23. The Labute approximate surface area is 93.0 Å². The molecule has 0 saturated heterocycles. The van der Waals surface area contributed by atoms with Crippen LogP contribution in [0.2, 0.25) is 0 Å². The summed E-state index contributed by atoms with van der Waals surface area (Å²) in [6.45, 7) is 0. The number of nitrogen functional groups attached to an aromatic ring is 1. The number of rotatable bonds is 4. The quantitative estimate of drug-likeness (QED) is 0.492. The Morgan fingerprint density at radius 3 is 2.64 bits per heavy atom. The lowest BCUT2D eigenvalue weighted by atomic mass is 10.1. The van der Waals surface area contributed by atoms with E-state index in [9.17, 15) is 4.79 Å². The first kappa shape index (κ1) is 11.3. The number of ketones is 1. The Morgan fingerprint density at radius 2 is 2.07 bits per heavy atom. The van der Waals surface area contributed by atoms with E-state index in [0.717, 1.165) is 5.56 Å². The molecule has 0 amide bonds. The summed E-state index contributed by atoms with van der Waals surface area (Å²) in [5.41, 5.74) is 7.67. The van der Waals surface area contributed by atoms with E-state index < -0.39 is 0 Å². The molecule has 0 unspecified atom stereocenters. The van der Waals surface area contributed by atoms with Crippen LogP contribution in [0.3, 0.4) is 0 Å². The van der Waals surface area contributed by atoms with Gasteiger partial charge in [0.25, 0.3) is 0 Å². The Bertz CT molecular complexity index is 339. The predicted octanol–water partition coefficient (Wildman–Crippen LogP) is 2.82. The van der Waals surface area contributed by atoms with Crippen molar-refractivity contribution in [1.82, 2.24) is 0 Å². The van der Waals surface area contributed by atoms with Crippen molar-refractivity contribution in [3.8, 4) is 0 Å². The highest BCUT2D eigenvalue weighted by molar-refractivity contribution is 6.19. The van der Waals surface area contributed by atoms with Gasteiger partial charge in [0.05, 0.1) is 0 Å². The molecule has 2 N–H and O–H groups in total. The van der Waals surface area contributed by atoms with Crippen LogP contribution in [-0.4, -0.2) is 11.7 Å². The van der Waals surface area contributed by atoms with E-state index in [0.29, 0.717) is 29.4 Å². The smallest absolute Gasteiger partial charge is 0.164 e. The zero-order chi connectivity index (χ0) is 10.6. The van der Waals surface area contributed by atoms with Crippen LogP contribution in [0, 0.1) is 0 Å². The van der Waals surface area contributed by atoms with E-state index in [2.05, 4.69) is 0 Å². The van der Waals surface area contributed by atoms with Gasteiger partial charge in [-0.25, -0.2) is 0 Å². The second-order valence-electron chi connectivity index (χ2n) is 2.91. The summed E-state index contributed by atoms with van der Waals surface area (Å²) in [5.74, 6) is 0.666. The fourth-order valence-electron chi connectivity index (χ4n) is 1.13. The van der Waals surface area contributed by atoms with Crippen molar-refractivity contribution < 1.29 is 4.79 Å². The summed E-state index contributed by atoms with van der Waals surface area (Å²) in [6.07, 6.45) is 0.340. The first-order valence-corrected chi connectivity index (χ1v) is 5.29. The lowest BCUT2D eigenvalue weighted by molar-refractivity contribution is 0.0989. The zero-order valence-electron chi connectivity index (χ0n) is 7.59. The van der Waals surface area contributed by atoms with Gasteiger partial charge in [0.1, 0.15) is 0 Å². The molecule has 0 aliphatic heterocycles. The SMILES string of the molecule is Nc1ccc(C(=O)CCCl)cc1CCl. The normalized spacial score (nSPS) is 10.1. The van der Waals surface area contributed by atoms with Crippen molar-refractivity contribution in [3.63, 3.8) is 0 Å². The summed E-state index contributed by atoms with van der Waals surface area (Å²) in [4.78, 5) is 11.5. The minimum Gasteiger partial charge on any atom is -0.398 e. The van der Waals surface area contributed by atoms with Crippen molar-refractivity contribution in [2.45, 2.75) is 12.3 Å². The van der Waals surface area contributed by atoms with Crippen molar-refractivity contribution in [2.75, 3.05) is 11.6 Å². The lowest BCUT2D eigenvalue weighted by Crippen LogP contribution is -2.02. The number of carbonyl (C=O) groups is 1. The van der Waals surface area contributed by atoms with Crippen LogP contribution in [0.25, 0.3) is 0 Å². The maximum atomic E-state index is 11.5. The van der Waals surface area contributed by atoms with Crippen LogP contribution >= 0.6 is 23.2 Å². The number of anilines is 1. The van der Waals surface area contributed by atoms with Gasteiger partial charge in [-0.2, -0.15) is 0 Å². The van der Waals surface area contributed by atoms with Crippen LogP contribution in [-0.2, 0) is 5.88 Å². The number of Topliss-reactive ketones (excluding diaryl/α,β-unsaturated/α-hetero) is 1. The van der Waals surface area contributed by atoms with E-state index >= 15 is 0 Å². The van der Waals surface area contributed by atoms with E-state index in [1.807, 2.05) is 0 Å². The topological polar surface area (TPSA) is 43.1 Å². The highest BCUT2D eigenvalue weighted by Gasteiger charge is 2.07. The Hall–Kier alpha value is -0.730. The third kappa shape index (κ3) is 2.63. The zero-order valence-corrected chi connectivity index (χ0v) is 9.11. The Morgan fingerprint density at radius 1 is 1.36 bits per heavy atom. The highest BCUT2D eigenvalue weighted by Crippen LogP contribution is 2.17. The molecule has 0 heterocycles. The van der Waals surface area contributed by atoms with Gasteiger partial charge in [0.2, 0.25) is 0 Å². The standard InChI is InChI=1S/C10H11Cl2NO/c11-4-3-10(14)7-1-2-9(13)8(5-7)6-12/h1-2,5H,3-4,6,13H2. The molecular formula is C10H11Cl2NO. The van der Waals surface area contributed by atoms with Gasteiger partial charge in [0.15, 0.2) is 5.78 Å². The first-order valence-electron chi connectivity index (χ1n) is 4.22. The summed E-state index contributed by atoms with van der Waals surface area (Å²) >= 11 is 11.1. The number of halogens is 2. The molecule has 1 aromatic rings. The summed E-state index contributed by atoms with van der Waals surface area (Å²) in [7, 11) is 0. The Balaban J connectivity index is 2.94. The minimum atomic E-state index is 0.0198. The summed E-state index contributed by atoms with van der Waals surface area (Å²) < 4.78 is 0. The third-order valence-corrected chi connectivity index (χ3v) is 2.41. The number of alkyl halides is 2. The summed E-state index contributed by atoms with van der Waals surface area (Å²) in [6, 6.07) is 5.11. The van der Waals surface area contributed by atoms with Crippen molar-refractivity contribution >= 4 is 34.7 Å². The van der Waals surface area contributed by atoms with Crippen LogP contribution < -0.4 is 5.73 Å². The van der Waals surface area contributed by atoms with E-state index in [-0.39, 0.29) is 5.78 Å².